The minimum Gasteiger partial charge on any atom is -0.509 e. The van der Waals surface area contributed by atoms with Gasteiger partial charge in [0.25, 0.3) is 5.91 Å². The molecule has 2 aliphatic heterocycles. The first kappa shape index (κ1) is 27.3. The van der Waals surface area contributed by atoms with Gasteiger partial charge in [0.2, 0.25) is 17.3 Å². The highest BCUT2D eigenvalue weighted by atomic mass is 32.2. The lowest BCUT2D eigenvalue weighted by atomic mass is 9.84. The Bertz CT molecular complexity index is 1260. The number of carbonyl (C=O) groups excluding carboxylic acids is 1. The highest BCUT2D eigenvalue weighted by Crippen LogP contribution is 2.51. The van der Waals surface area contributed by atoms with E-state index in [1.807, 2.05) is 20.8 Å². The molecule has 1 amide bonds. The maximum Gasteiger partial charge on any atom is 0.261 e. The highest BCUT2D eigenvalue weighted by molar-refractivity contribution is 7.92. The van der Waals surface area contributed by atoms with Gasteiger partial charge in [0, 0.05) is 18.4 Å². The molecule has 0 radical (unpaired) electrons. The van der Waals surface area contributed by atoms with Gasteiger partial charge in [-0.25, -0.2) is 13.2 Å². The lowest BCUT2D eigenvalue weighted by molar-refractivity contribution is -0.128. The minimum absolute atomic E-state index is 0.00371. The first-order valence-corrected chi connectivity index (χ1v) is 15.4. The largest absolute Gasteiger partial charge is 0.509 e. The van der Waals surface area contributed by atoms with Gasteiger partial charge in [-0.05, 0) is 35.4 Å². The van der Waals surface area contributed by atoms with E-state index in [1.165, 1.54) is 6.07 Å². The molecular weight excluding hydrogens is 487 g/mol. The number of aliphatic hydroxyl groups is 1. The Morgan fingerprint density at radius 3 is 2.34 bits per heavy atom. The first-order valence-electron chi connectivity index (χ1n) is 11.7. The number of hydrogen-bond donors (Lipinski definition) is 3. The average Bonchev–Trinajstić information content (AvgIpc) is 2.94. The van der Waals surface area contributed by atoms with Crippen molar-refractivity contribution in [2.75, 3.05) is 29.0 Å². The maximum absolute atomic E-state index is 13.9. The molecule has 1 aromatic rings. The normalized spacial score (nSPS) is 23.2. The summed E-state index contributed by atoms with van der Waals surface area (Å²) in [5.41, 5.74) is 0.341. The highest BCUT2D eigenvalue weighted by Gasteiger charge is 2.48. The fraction of sp³-hybridized carbons (Fsp3) is 0.583. The van der Waals surface area contributed by atoms with Crippen LogP contribution in [-0.4, -0.2) is 55.2 Å². The fourth-order valence-electron chi connectivity index (χ4n) is 4.37. The Labute approximate surface area is 208 Å². The van der Waals surface area contributed by atoms with Gasteiger partial charge in [0.05, 0.1) is 23.3 Å². The summed E-state index contributed by atoms with van der Waals surface area (Å²) in [6.07, 6.45) is 1.96. The summed E-state index contributed by atoms with van der Waals surface area (Å²) in [4.78, 5) is 15.3. The zero-order valence-corrected chi connectivity index (χ0v) is 23.5. The van der Waals surface area contributed by atoms with Crippen LogP contribution < -0.4 is 15.3 Å². The van der Waals surface area contributed by atoms with Crippen LogP contribution in [0.4, 0.5) is 11.4 Å². The van der Waals surface area contributed by atoms with Gasteiger partial charge in [0.1, 0.15) is 17.2 Å². The molecule has 2 heterocycles. The molecule has 2 aliphatic rings. The zero-order chi connectivity index (χ0) is 26.6. The van der Waals surface area contributed by atoms with Crippen molar-refractivity contribution < 1.29 is 22.9 Å². The van der Waals surface area contributed by atoms with E-state index < -0.39 is 28.8 Å². The van der Waals surface area contributed by atoms with Gasteiger partial charge >= 0.3 is 0 Å². The van der Waals surface area contributed by atoms with E-state index in [0.29, 0.717) is 17.5 Å². The van der Waals surface area contributed by atoms with Crippen LogP contribution in [0.5, 0.6) is 0 Å². The number of rotatable bonds is 6. The van der Waals surface area contributed by atoms with Crippen LogP contribution in [0.3, 0.4) is 0 Å². The Kier molecular flexibility index (Phi) is 6.98. The molecule has 0 bridgehead atoms. The molecule has 0 aliphatic carbocycles. The fourth-order valence-corrected chi connectivity index (χ4v) is 6.83. The Morgan fingerprint density at radius 1 is 1.20 bits per heavy atom. The third kappa shape index (κ3) is 5.75. The molecule has 2 atom stereocenters. The molecule has 194 valence electrons. The van der Waals surface area contributed by atoms with Crippen molar-refractivity contribution in [3.63, 3.8) is 0 Å². The van der Waals surface area contributed by atoms with Crippen LogP contribution >= 0.6 is 7.29 Å². The summed E-state index contributed by atoms with van der Waals surface area (Å²) in [6.45, 7) is 14.4. The third-order valence-corrected chi connectivity index (χ3v) is 9.19. The van der Waals surface area contributed by atoms with Crippen LogP contribution in [0.25, 0.3) is 0 Å². The van der Waals surface area contributed by atoms with E-state index in [1.54, 1.807) is 24.0 Å². The average molecular weight is 525 g/mol. The van der Waals surface area contributed by atoms with Gasteiger partial charge in [0.15, 0.2) is 0 Å². The number of benzene rings is 1. The number of amides is 1. The standard InChI is InChI=1S/C24H37N4O5PS/c1-9-34(31)17-14-15(27-35(8,32)33)10-11-16(17)25-21(26-34)18-19(29)20(24(5,6)7)28(22(18)30)13-12-23(2,3)4/h10-11,14,20,27,29H,9,12-13H2,1-8H3,(H,25,26,31). The predicted octanol–water partition coefficient (Wildman–Crippen LogP) is 4.31. The van der Waals surface area contributed by atoms with Crippen LogP contribution in [0, 0.1) is 10.8 Å². The van der Waals surface area contributed by atoms with Crippen LogP contribution in [-0.2, 0) is 19.4 Å². The second-order valence-corrected chi connectivity index (χ2v) is 16.0. The second kappa shape index (κ2) is 8.96. The number of aliphatic hydroxyl groups excluding tert-OH is 1. The molecule has 0 fully saturated rings. The predicted molar refractivity (Wildman–Crippen MR) is 142 cm³/mol. The summed E-state index contributed by atoms with van der Waals surface area (Å²) >= 11 is 0. The van der Waals surface area contributed by atoms with Crippen molar-refractivity contribution in [2.45, 2.75) is 60.9 Å². The maximum atomic E-state index is 13.9. The number of anilines is 2. The number of nitrogens with zero attached hydrogens (tertiary/aromatic N) is 2. The quantitative estimate of drug-likeness (QED) is 0.476. The summed E-state index contributed by atoms with van der Waals surface area (Å²) in [5.74, 6) is -0.343. The van der Waals surface area contributed by atoms with E-state index in [0.717, 1.165) is 12.7 Å². The van der Waals surface area contributed by atoms with Gasteiger partial charge in [-0.1, -0.05) is 48.5 Å². The van der Waals surface area contributed by atoms with Crippen molar-refractivity contribution in [1.29, 1.82) is 0 Å². The summed E-state index contributed by atoms with van der Waals surface area (Å²) in [6, 6.07) is 4.12. The topological polar surface area (TPSA) is 128 Å². The van der Waals surface area contributed by atoms with E-state index in [2.05, 4.69) is 35.6 Å². The van der Waals surface area contributed by atoms with Gasteiger partial charge < -0.3 is 15.3 Å². The lowest BCUT2D eigenvalue weighted by Gasteiger charge is -2.36. The molecule has 9 nitrogen and oxygen atoms in total. The van der Waals surface area contributed by atoms with Gasteiger partial charge in [-0.15, -0.1) is 0 Å². The molecule has 1 aromatic carbocycles. The molecule has 0 spiro atoms. The number of hydrogen-bond acceptors (Lipinski definition) is 6. The summed E-state index contributed by atoms with van der Waals surface area (Å²) < 4.78 is 44.1. The first-order chi connectivity index (χ1) is 15.9. The SMILES string of the molecule is CCP1(=O)N=C(C2=C(O)C(C(C)(C)C)N(CCC(C)(C)C)C2=O)Nc2ccc(NS(C)(=O)=O)cc21. The lowest BCUT2D eigenvalue weighted by Crippen LogP contribution is -2.45. The summed E-state index contributed by atoms with van der Waals surface area (Å²) in [5, 5.41) is 14.8. The van der Waals surface area contributed by atoms with Crippen LogP contribution in [0.15, 0.2) is 34.3 Å². The molecule has 0 aromatic heterocycles. The molecule has 11 heteroatoms. The molecular formula is C24H37N4O5PS. The Hall–Kier alpha value is -2.32. The van der Waals surface area contributed by atoms with Crippen molar-refractivity contribution in [3.05, 3.63) is 29.5 Å². The van der Waals surface area contributed by atoms with E-state index in [9.17, 15) is 22.9 Å². The van der Waals surface area contributed by atoms with Crippen LogP contribution in [0.1, 0.15) is 54.9 Å². The van der Waals surface area contributed by atoms with Crippen LogP contribution in [0.2, 0.25) is 0 Å². The third-order valence-electron chi connectivity index (χ3n) is 6.08. The molecule has 2 unspecified atom stereocenters. The van der Waals surface area contributed by atoms with Crippen molar-refractivity contribution >= 4 is 45.7 Å². The van der Waals surface area contributed by atoms with E-state index in [-0.39, 0.29) is 40.3 Å². The summed E-state index contributed by atoms with van der Waals surface area (Å²) in [7, 11) is -6.90. The number of nitrogens with one attached hydrogen (secondary N) is 2. The number of fused-ring (bicyclic) bond motifs is 1. The number of carbonyl (C=O) groups is 1. The van der Waals surface area contributed by atoms with Crippen molar-refractivity contribution in [3.8, 4) is 0 Å². The van der Waals surface area contributed by atoms with Crippen molar-refractivity contribution in [1.82, 2.24) is 4.90 Å². The van der Waals surface area contributed by atoms with Crippen molar-refractivity contribution in [2.24, 2.45) is 15.6 Å². The zero-order valence-electron chi connectivity index (χ0n) is 21.8. The Balaban J connectivity index is 2.08. The molecule has 3 N–H and O–H groups in total. The molecule has 3 rings (SSSR count). The van der Waals surface area contributed by atoms with E-state index in [4.69, 9.17) is 0 Å². The number of amidine groups is 1. The monoisotopic (exact) mass is 524 g/mol. The Morgan fingerprint density at radius 2 is 1.83 bits per heavy atom. The molecule has 35 heavy (non-hydrogen) atoms. The minimum atomic E-state index is -3.52. The molecule has 0 saturated heterocycles. The smallest absolute Gasteiger partial charge is 0.261 e. The number of sulfonamides is 1. The van der Waals surface area contributed by atoms with Gasteiger partial charge in [-0.2, -0.15) is 0 Å². The second-order valence-electron chi connectivity index (χ2n) is 11.5. The van der Waals surface area contributed by atoms with E-state index >= 15 is 0 Å². The molecule has 0 saturated carbocycles. The van der Waals surface area contributed by atoms with Gasteiger partial charge in [-0.3, -0.25) is 14.1 Å².